The minimum atomic E-state index is -0.396. The molecule has 0 aliphatic rings. The molecule has 0 aromatic rings. The molecule has 3 N–H and O–H groups in total. The summed E-state index contributed by atoms with van der Waals surface area (Å²) >= 11 is 0. The maximum Gasteiger partial charge on any atom is 0.234 e. The van der Waals surface area contributed by atoms with Gasteiger partial charge in [0, 0.05) is 12.1 Å². The highest BCUT2D eigenvalue weighted by molar-refractivity contribution is 5.78. The third kappa shape index (κ3) is 8.39. The second-order valence-electron chi connectivity index (χ2n) is 5.24. The van der Waals surface area contributed by atoms with Gasteiger partial charge in [-0.3, -0.25) is 4.79 Å². The van der Waals surface area contributed by atoms with E-state index in [9.17, 15) is 9.90 Å². The van der Waals surface area contributed by atoms with Gasteiger partial charge >= 0.3 is 0 Å². The maximum absolute atomic E-state index is 11.4. The third-order valence-electron chi connectivity index (χ3n) is 1.92. The smallest absolute Gasteiger partial charge is 0.234 e. The van der Waals surface area contributed by atoms with Crippen molar-refractivity contribution in [2.75, 3.05) is 13.1 Å². The van der Waals surface area contributed by atoms with Gasteiger partial charge in [-0.05, 0) is 26.7 Å². The van der Waals surface area contributed by atoms with Gasteiger partial charge in [-0.15, -0.1) is 0 Å². The van der Waals surface area contributed by atoms with Crippen molar-refractivity contribution in [2.24, 2.45) is 5.92 Å². The molecule has 15 heavy (non-hydrogen) atoms. The van der Waals surface area contributed by atoms with Crippen molar-refractivity contribution in [3.8, 4) is 0 Å². The Labute approximate surface area is 92.4 Å². The van der Waals surface area contributed by atoms with E-state index >= 15 is 0 Å². The summed E-state index contributed by atoms with van der Waals surface area (Å²) in [6, 6.07) is 0. The quantitative estimate of drug-likeness (QED) is 0.627. The molecule has 0 aromatic carbocycles. The lowest BCUT2D eigenvalue weighted by atomic mass is 10.1. The van der Waals surface area contributed by atoms with Crippen molar-refractivity contribution in [2.45, 2.75) is 46.3 Å². The Kier molecular flexibility index (Phi) is 5.83. The summed E-state index contributed by atoms with van der Waals surface area (Å²) in [6.07, 6.45) is -0.396. The molecule has 0 rings (SSSR count). The van der Waals surface area contributed by atoms with E-state index in [1.807, 2.05) is 34.6 Å². The van der Waals surface area contributed by atoms with E-state index in [1.54, 1.807) is 0 Å². The van der Waals surface area contributed by atoms with Crippen LogP contribution in [0.15, 0.2) is 0 Å². The summed E-state index contributed by atoms with van der Waals surface area (Å²) in [5.41, 5.74) is -0.199. The van der Waals surface area contributed by atoms with Gasteiger partial charge in [-0.2, -0.15) is 0 Å². The molecule has 0 spiro atoms. The largest absolute Gasteiger partial charge is 0.392 e. The standard InChI is InChI=1S/C11H24N2O2/c1-8(2)9(14)6-12-7-10(15)13-11(3,4)5/h8-9,12,14H,6-7H2,1-5H3,(H,13,15). The third-order valence-corrected chi connectivity index (χ3v) is 1.92. The summed E-state index contributed by atoms with van der Waals surface area (Å²) in [5.74, 6) is 0.168. The van der Waals surface area contributed by atoms with Gasteiger partial charge in [0.1, 0.15) is 0 Å². The van der Waals surface area contributed by atoms with Crippen LogP contribution in [0.4, 0.5) is 0 Å². The van der Waals surface area contributed by atoms with Crippen molar-refractivity contribution in [3.05, 3.63) is 0 Å². The van der Waals surface area contributed by atoms with E-state index in [-0.39, 0.29) is 23.9 Å². The van der Waals surface area contributed by atoms with Crippen molar-refractivity contribution in [1.82, 2.24) is 10.6 Å². The second-order valence-corrected chi connectivity index (χ2v) is 5.24. The highest BCUT2D eigenvalue weighted by Crippen LogP contribution is 1.99. The first-order chi connectivity index (χ1) is 6.72. The van der Waals surface area contributed by atoms with E-state index in [0.717, 1.165) is 0 Å². The Morgan fingerprint density at radius 2 is 1.87 bits per heavy atom. The van der Waals surface area contributed by atoms with Crippen molar-refractivity contribution < 1.29 is 9.90 Å². The average molecular weight is 216 g/mol. The fourth-order valence-corrected chi connectivity index (χ4v) is 1.03. The number of aliphatic hydroxyl groups excluding tert-OH is 1. The molecule has 1 atom stereocenters. The first-order valence-electron chi connectivity index (χ1n) is 5.42. The lowest BCUT2D eigenvalue weighted by Crippen LogP contribution is -2.46. The molecule has 90 valence electrons. The number of nitrogens with one attached hydrogen (secondary N) is 2. The van der Waals surface area contributed by atoms with Crippen LogP contribution in [0.25, 0.3) is 0 Å². The Morgan fingerprint density at radius 3 is 2.27 bits per heavy atom. The van der Waals surface area contributed by atoms with Crippen molar-refractivity contribution in [1.29, 1.82) is 0 Å². The molecular weight excluding hydrogens is 192 g/mol. The zero-order valence-corrected chi connectivity index (χ0v) is 10.4. The number of aliphatic hydroxyl groups is 1. The molecular formula is C11H24N2O2. The fourth-order valence-electron chi connectivity index (χ4n) is 1.03. The Bertz CT molecular complexity index is 197. The normalized spacial score (nSPS) is 14.1. The molecule has 0 aliphatic heterocycles. The van der Waals surface area contributed by atoms with E-state index in [2.05, 4.69) is 10.6 Å². The molecule has 0 bridgehead atoms. The topological polar surface area (TPSA) is 61.4 Å². The van der Waals surface area contributed by atoms with Gasteiger partial charge in [-0.1, -0.05) is 13.8 Å². The summed E-state index contributed by atoms with van der Waals surface area (Å²) in [5, 5.41) is 15.2. The van der Waals surface area contributed by atoms with Crippen LogP contribution >= 0.6 is 0 Å². The number of hydrogen-bond donors (Lipinski definition) is 3. The number of amides is 1. The molecule has 0 fully saturated rings. The fraction of sp³-hybridized carbons (Fsp3) is 0.909. The summed E-state index contributed by atoms with van der Waals surface area (Å²) < 4.78 is 0. The van der Waals surface area contributed by atoms with Crippen LogP contribution in [0, 0.1) is 5.92 Å². The van der Waals surface area contributed by atoms with Gasteiger partial charge in [0.15, 0.2) is 0 Å². The minimum Gasteiger partial charge on any atom is -0.392 e. The molecule has 4 heteroatoms. The average Bonchev–Trinajstić information content (AvgIpc) is 2.00. The Morgan fingerprint density at radius 1 is 1.33 bits per heavy atom. The first kappa shape index (κ1) is 14.4. The molecule has 1 unspecified atom stereocenters. The number of hydrogen-bond acceptors (Lipinski definition) is 3. The van der Waals surface area contributed by atoms with Crippen LogP contribution in [0.2, 0.25) is 0 Å². The lowest BCUT2D eigenvalue weighted by Gasteiger charge is -2.21. The molecule has 4 nitrogen and oxygen atoms in total. The van der Waals surface area contributed by atoms with Crippen LogP contribution in [0.3, 0.4) is 0 Å². The maximum atomic E-state index is 11.4. The summed E-state index contributed by atoms with van der Waals surface area (Å²) in [6.45, 7) is 10.4. The highest BCUT2D eigenvalue weighted by atomic mass is 16.3. The van der Waals surface area contributed by atoms with Gasteiger partial charge in [-0.25, -0.2) is 0 Å². The van der Waals surface area contributed by atoms with Gasteiger partial charge in [0.2, 0.25) is 5.91 Å². The molecule has 0 radical (unpaired) electrons. The van der Waals surface area contributed by atoms with E-state index < -0.39 is 6.10 Å². The van der Waals surface area contributed by atoms with Crippen molar-refractivity contribution >= 4 is 5.91 Å². The van der Waals surface area contributed by atoms with Crippen molar-refractivity contribution in [3.63, 3.8) is 0 Å². The number of carbonyl (C=O) groups excluding carboxylic acids is 1. The zero-order chi connectivity index (χ0) is 12.1. The van der Waals surface area contributed by atoms with E-state index in [0.29, 0.717) is 6.54 Å². The number of rotatable bonds is 5. The molecule has 0 aromatic heterocycles. The summed E-state index contributed by atoms with van der Waals surface area (Å²) in [7, 11) is 0. The summed E-state index contributed by atoms with van der Waals surface area (Å²) in [4.78, 5) is 11.4. The Balaban J connectivity index is 3.65. The SMILES string of the molecule is CC(C)C(O)CNCC(=O)NC(C)(C)C. The van der Waals surface area contributed by atoms with Crippen LogP contribution < -0.4 is 10.6 Å². The van der Waals surface area contributed by atoms with E-state index in [4.69, 9.17) is 0 Å². The molecule has 0 saturated heterocycles. The zero-order valence-electron chi connectivity index (χ0n) is 10.4. The highest BCUT2D eigenvalue weighted by Gasteiger charge is 2.14. The second kappa shape index (κ2) is 6.08. The predicted octanol–water partition coefficient (Wildman–Crippen LogP) is 0.508. The van der Waals surface area contributed by atoms with Crippen LogP contribution in [-0.2, 0) is 4.79 Å². The van der Waals surface area contributed by atoms with Gasteiger partial charge in [0.25, 0.3) is 0 Å². The molecule has 0 saturated carbocycles. The first-order valence-corrected chi connectivity index (χ1v) is 5.42. The van der Waals surface area contributed by atoms with Crippen LogP contribution in [0.5, 0.6) is 0 Å². The van der Waals surface area contributed by atoms with Crippen LogP contribution in [0.1, 0.15) is 34.6 Å². The molecule has 0 heterocycles. The molecule has 0 aliphatic carbocycles. The number of carbonyl (C=O) groups is 1. The van der Waals surface area contributed by atoms with E-state index in [1.165, 1.54) is 0 Å². The predicted molar refractivity (Wildman–Crippen MR) is 61.6 cm³/mol. The van der Waals surface area contributed by atoms with Crippen LogP contribution in [-0.4, -0.2) is 35.7 Å². The molecule has 1 amide bonds. The van der Waals surface area contributed by atoms with Gasteiger partial charge in [0.05, 0.1) is 12.6 Å². The Hall–Kier alpha value is -0.610. The monoisotopic (exact) mass is 216 g/mol. The lowest BCUT2D eigenvalue weighted by molar-refractivity contribution is -0.121. The van der Waals surface area contributed by atoms with Gasteiger partial charge < -0.3 is 15.7 Å². The minimum absolute atomic E-state index is 0.0431.